The van der Waals surface area contributed by atoms with Gasteiger partial charge in [0.2, 0.25) is 0 Å². The van der Waals surface area contributed by atoms with E-state index in [1.54, 1.807) is 44.6 Å². The summed E-state index contributed by atoms with van der Waals surface area (Å²) < 4.78 is 25.0. The SMILES string of the molecule is COc1ccc(C(OC[C@H]2O[C@@H](n3ccc(NC(=O)c4ccccc4)nc3=O)[C@H](O)[C@@H]2O)(c2ccccc2)c2cccc(OC)c2)cc1. The van der Waals surface area contributed by atoms with Gasteiger partial charge in [-0.3, -0.25) is 9.36 Å². The average Bonchev–Trinajstić information content (AvgIpc) is 3.41. The zero-order chi connectivity index (χ0) is 33.7. The van der Waals surface area contributed by atoms with Gasteiger partial charge in [-0.1, -0.05) is 72.8 Å². The van der Waals surface area contributed by atoms with Crippen molar-refractivity contribution in [2.24, 2.45) is 0 Å². The monoisotopic (exact) mass is 649 g/mol. The topological polar surface area (TPSA) is 141 Å². The first-order chi connectivity index (χ1) is 23.3. The number of ether oxygens (including phenoxy) is 4. The molecule has 11 nitrogen and oxygen atoms in total. The first-order valence-corrected chi connectivity index (χ1v) is 15.3. The average molecular weight is 650 g/mol. The molecular weight excluding hydrogens is 614 g/mol. The van der Waals surface area contributed by atoms with Crippen LogP contribution in [0.3, 0.4) is 0 Å². The van der Waals surface area contributed by atoms with Crippen molar-refractivity contribution in [3.05, 3.63) is 154 Å². The molecule has 4 aromatic carbocycles. The van der Waals surface area contributed by atoms with E-state index in [1.165, 1.54) is 12.3 Å². The van der Waals surface area contributed by atoms with E-state index in [1.807, 2.05) is 78.9 Å². The lowest BCUT2D eigenvalue weighted by Gasteiger charge is -2.37. The van der Waals surface area contributed by atoms with Crippen LogP contribution in [0, 0.1) is 0 Å². The summed E-state index contributed by atoms with van der Waals surface area (Å²) >= 11 is 0. The fourth-order valence-corrected chi connectivity index (χ4v) is 5.85. The number of hydrogen-bond acceptors (Lipinski definition) is 9. The maximum absolute atomic E-state index is 13.1. The molecule has 0 saturated carbocycles. The van der Waals surface area contributed by atoms with Crippen LogP contribution in [-0.4, -0.2) is 64.8 Å². The van der Waals surface area contributed by atoms with Crippen LogP contribution in [0.4, 0.5) is 5.82 Å². The van der Waals surface area contributed by atoms with Gasteiger partial charge in [-0.15, -0.1) is 0 Å². The molecule has 11 heteroatoms. The normalized spacial score (nSPS) is 20.1. The molecular formula is C37H35N3O8. The van der Waals surface area contributed by atoms with Crippen molar-refractivity contribution in [2.75, 3.05) is 26.1 Å². The lowest BCUT2D eigenvalue weighted by Crippen LogP contribution is -2.39. The van der Waals surface area contributed by atoms with E-state index in [-0.39, 0.29) is 12.4 Å². The Kier molecular flexibility index (Phi) is 9.65. The van der Waals surface area contributed by atoms with Gasteiger partial charge in [0.15, 0.2) is 6.23 Å². The Morgan fingerprint density at radius 2 is 1.46 bits per heavy atom. The van der Waals surface area contributed by atoms with E-state index in [9.17, 15) is 19.8 Å². The number of nitrogens with zero attached hydrogens (tertiary/aromatic N) is 2. The molecule has 0 aliphatic carbocycles. The molecule has 5 aromatic rings. The molecule has 1 fully saturated rings. The van der Waals surface area contributed by atoms with Gasteiger partial charge in [0, 0.05) is 11.8 Å². The summed E-state index contributed by atoms with van der Waals surface area (Å²) in [4.78, 5) is 29.6. The Morgan fingerprint density at radius 1 is 0.812 bits per heavy atom. The van der Waals surface area contributed by atoms with Gasteiger partial charge >= 0.3 is 5.69 Å². The third-order valence-electron chi connectivity index (χ3n) is 8.34. The molecule has 1 aliphatic rings. The summed E-state index contributed by atoms with van der Waals surface area (Å²) in [7, 11) is 3.18. The number of carbonyl (C=O) groups excluding carboxylic acids is 1. The highest BCUT2D eigenvalue weighted by Crippen LogP contribution is 2.43. The second-order valence-electron chi connectivity index (χ2n) is 11.2. The molecule has 0 bridgehead atoms. The van der Waals surface area contributed by atoms with Gasteiger partial charge in [-0.05, 0) is 59.2 Å². The van der Waals surface area contributed by atoms with Crippen molar-refractivity contribution in [1.82, 2.24) is 9.55 Å². The van der Waals surface area contributed by atoms with E-state index in [4.69, 9.17) is 18.9 Å². The molecule has 0 radical (unpaired) electrons. The highest BCUT2D eigenvalue weighted by atomic mass is 16.6. The highest BCUT2D eigenvalue weighted by molar-refractivity contribution is 6.03. The number of benzene rings is 4. The minimum atomic E-state index is -1.48. The summed E-state index contributed by atoms with van der Waals surface area (Å²) in [5.41, 5.74) is 0.704. The van der Waals surface area contributed by atoms with Crippen molar-refractivity contribution < 1.29 is 34.0 Å². The second-order valence-corrected chi connectivity index (χ2v) is 11.2. The summed E-state index contributed by atoms with van der Waals surface area (Å²) in [6.07, 6.45) is -3.85. The largest absolute Gasteiger partial charge is 0.497 e. The Bertz CT molecular complexity index is 1900. The number of aliphatic hydroxyl groups is 2. The van der Waals surface area contributed by atoms with Gasteiger partial charge in [0.1, 0.15) is 41.2 Å². The van der Waals surface area contributed by atoms with Crippen LogP contribution in [0.15, 0.2) is 126 Å². The van der Waals surface area contributed by atoms with Crippen LogP contribution in [0.5, 0.6) is 11.5 Å². The van der Waals surface area contributed by atoms with Crippen molar-refractivity contribution >= 4 is 11.7 Å². The van der Waals surface area contributed by atoms with E-state index < -0.39 is 41.7 Å². The van der Waals surface area contributed by atoms with Crippen molar-refractivity contribution in [1.29, 1.82) is 0 Å². The van der Waals surface area contributed by atoms with Crippen LogP contribution in [0.2, 0.25) is 0 Å². The number of methoxy groups -OCH3 is 2. The van der Waals surface area contributed by atoms with Crippen molar-refractivity contribution in [2.45, 2.75) is 30.1 Å². The lowest BCUT2D eigenvalue weighted by molar-refractivity contribution is -0.0958. The number of amides is 1. The minimum absolute atomic E-state index is 0.0310. The number of aliphatic hydroxyl groups excluding tert-OH is 2. The molecule has 2 heterocycles. The first kappa shape index (κ1) is 32.6. The Labute approximate surface area is 277 Å². The zero-order valence-corrected chi connectivity index (χ0v) is 26.3. The molecule has 5 atom stereocenters. The molecule has 1 amide bonds. The summed E-state index contributed by atoms with van der Waals surface area (Å²) in [5.74, 6) is 0.882. The molecule has 48 heavy (non-hydrogen) atoms. The summed E-state index contributed by atoms with van der Waals surface area (Å²) in [6, 6.07) is 34.5. The van der Waals surface area contributed by atoms with Crippen LogP contribution < -0.4 is 20.5 Å². The molecule has 1 aromatic heterocycles. The van der Waals surface area contributed by atoms with Crippen LogP contribution in [0.25, 0.3) is 0 Å². The third-order valence-corrected chi connectivity index (χ3v) is 8.34. The zero-order valence-electron chi connectivity index (χ0n) is 26.3. The van der Waals surface area contributed by atoms with Crippen molar-refractivity contribution in [3.63, 3.8) is 0 Å². The van der Waals surface area contributed by atoms with E-state index in [0.29, 0.717) is 17.1 Å². The fourth-order valence-electron chi connectivity index (χ4n) is 5.85. The number of carbonyl (C=O) groups is 1. The molecule has 1 unspecified atom stereocenters. The Balaban J connectivity index is 1.30. The quantitative estimate of drug-likeness (QED) is 0.180. The predicted octanol–water partition coefficient (Wildman–Crippen LogP) is 4.14. The van der Waals surface area contributed by atoms with Gasteiger partial charge < -0.3 is 34.5 Å². The molecule has 3 N–H and O–H groups in total. The standard InChI is InChI=1S/C37H35N3O8/c1-45-28-18-16-26(17-19-28)37(25-12-7-4-8-13-25,27-14-9-15-29(22-27)46-2)47-23-30-32(41)33(42)35(48-30)40-21-20-31(39-36(40)44)38-34(43)24-10-5-3-6-11-24/h3-22,30,32-33,35,41-42H,23H2,1-2H3,(H,38,39,43,44)/t30-,32-,33-,35-,37?/m1/s1. The maximum atomic E-state index is 13.1. The predicted molar refractivity (Wildman–Crippen MR) is 177 cm³/mol. The third kappa shape index (κ3) is 6.44. The van der Waals surface area contributed by atoms with Gasteiger partial charge in [0.05, 0.1) is 20.8 Å². The fraction of sp³-hybridized carbons (Fsp3) is 0.216. The van der Waals surface area contributed by atoms with Crippen LogP contribution in [0.1, 0.15) is 33.3 Å². The number of anilines is 1. The number of rotatable bonds is 11. The number of aromatic nitrogens is 2. The van der Waals surface area contributed by atoms with Crippen LogP contribution in [-0.2, 0) is 15.1 Å². The molecule has 0 spiro atoms. The summed E-state index contributed by atoms with van der Waals surface area (Å²) in [5, 5.41) is 24.8. The lowest BCUT2D eigenvalue weighted by atomic mass is 9.80. The molecule has 246 valence electrons. The van der Waals surface area contributed by atoms with Gasteiger partial charge in [-0.2, -0.15) is 4.98 Å². The smallest absolute Gasteiger partial charge is 0.351 e. The van der Waals surface area contributed by atoms with E-state index in [0.717, 1.165) is 21.3 Å². The summed E-state index contributed by atoms with van der Waals surface area (Å²) in [6.45, 7) is -0.180. The first-order valence-electron chi connectivity index (χ1n) is 15.3. The van der Waals surface area contributed by atoms with E-state index in [2.05, 4.69) is 10.3 Å². The molecule has 1 aliphatic heterocycles. The van der Waals surface area contributed by atoms with E-state index >= 15 is 0 Å². The molecule has 1 saturated heterocycles. The minimum Gasteiger partial charge on any atom is -0.497 e. The van der Waals surface area contributed by atoms with Crippen LogP contribution >= 0.6 is 0 Å². The van der Waals surface area contributed by atoms with Gasteiger partial charge in [0.25, 0.3) is 5.91 Å². The highest BCUT2D eigenvalue weighted by Gasteiger charge is 2.47. The molecule has 6 rings (SSSR count). The van der Waals surface area contributed by atoms with Crippen molar-refractivity contribution in [3.8, 4) is 11.5 Å². The Morgan fingerprint density at radius 3 is 2.12 bits per heavy atom. The number of nitrogens with one attached hydrogen (secondary N) is 1. The Hall–Kier alpha value is -5.33. The second kappa shape index (κ2) is 14.2. The van der Waals surface area contributed by atoms with Gasteiger partial charge in [-0.25, -0.2) is 4.79 Å². The maximum Gasteiger partial charge on any atom is 0.351 e. The number of hydrogen-bond donors (Lipinski definition) is 3.